The summed E-state index contributed by atoms with van der Waals surface area (Å²) in [6.45, 7) is 1.64. The van der Waals surface area contributed by atoms with E-state index in [0.29, 0.717) is 5.56 Å². The molecule has 0 unspecified atom stereocenters. The lowest BCUT2D eigenvalue weighted by molar-refractivity contribution is -0.922. The predicted octanol–water partition coefficient (Wildman–Crippen LogP) is -0.553. The van der Waals surface area contributed by atoms with Gasteiger partial charge in [0, 0.05) is 5.56 Å². The predicted molar refractivity (Wildman–Crippen MR) is 68.7 cm³/mol. The highest BCUT2D eigenvalue weighted by molar-refractivity contribution is 5.98. The average molecular weight is 261 g/mol. The van der Waals surface area contributed by atoms with Crippen molar-refractivity contribution < 1.29 is 19.6 Å². The highest BCUT2D eigenvalue weighted by atomic mass is 16.4. The molecule has 2 rings (SSSR count). The third-order valence-electron chi connectivity index (χ3n) is 3.76. The molecule has 102 valence electrons. The molecule has 1 aliphatic rings. The van der Waals surface area contributed by atoms with E-state index in [1.807, 2.05) is 6.07 Å². The second-order valence-corrected chi connectivity index (χ2v) is 5.08. The van der Waals surface area contributed by atoms with Crippen LogP contribution in [0.3, 0.4) is 0 Å². The number of hydrogen-bond donors (Lipinski definition) is 1. The fourth-order valence-corrected chi connectivity index (χ4v) is 2.68. The zero-order valence-electron chi connectivity index (χ0n) is 10.9. The van der Waals surface area contributed by atoms with Gasteiger partial charge in [0.1, 0.15) is 6.04 Å². The lowest BCUT2D eigenvalue weighted by atomic mass is 10.0. The molecule has 0 amide bonds. The van der Waals surface area contributed by atoms with E-state index in [1.165, 1.54) is 0 Å². The van der Waals surface area contributed by atoms with E-state index >= 15 is 0 Å². The van der Waals surface area contributed by atoms with Gasteiger partial charge in [0.25, 0.3) is 0 Å². The number of Topliss-reactive ketones (excluding diaryl/α,β-unsaturated/α-hetero) is 1. The summed E-state index contributed by atoms with van der Waals surface area (Å²) in [5.74, 6) is -1.23. The van der Waals surface area contributed by atoms with E-state index in [9.17, 15) is 14.7 Å². The number of carboxylic acid groups (broad SMARTS) is 1. The first-order valence-electron chi connectivity index (χ1n) is 6.82. The van der Waals surface area contributed by atoms with E-state index in [4.69, 9.17) is 0 Å². The molecule has 4 heteroatoms. The molecular weight excluding hydrogens is 242 g/mol. The number of carbonyl (C=O) groups is 2. The van der Waals surface area contributed by atoms with Crippen LogP contribution in [0.2, 0.25) is 0 Å². The molecule has 1 heterocycles. The second-order valence-electron chi connectivity index (χ2n) is 5.08. The van der Waals surface area contributed by atoms with E-state index in [2.05, 4.69) is 0 Å². The molecule has 0 radical (unpaired) electrons. The largest absolute Gasteiger partial charge is 0.544 e. The summed E-state index contributed by atoms with van der Waals surface area (Å²) in [7, 11) is 0. The van der Waals surface area contributed by atoms with Gasteiger partial charge in [-0.15, -0.1) is 0 Å². The minimum absolute atomic E-state index is 0.0294. The van der Waals surface area contributed by atoms with Crippen LogP contribution in [0, 0.1) is 0 Å². The number of hydrogen-bond acceptors (Lipinski definition) is 3. The summed E-state index contributed by atoms with van der Waals surface area (Å²) in [6, 6.07) is 8.14. The number of ketones is 1. The van der Waals surface area contributed by atoms with Crippen LogP contribution in [0.5, 0.6) is 0 Å². The molecular formula is C15H19NO3. The maximum absolute atomic E-state index is 12.1. The number of benzene rings is 1. The van der Waals surface area contributed by atoms with E-state index in [1.54, 1.807) is 24.3 Å². The molecule has 0 saturated carbocycles. The molecule has 1 aliphatic heterocycles. The zero-order chi connectivity index (χ0) is 13.7. The van der Waals surface area contributed by atoms with Crippen molar-refractivity contribution in [2.75, 3.05) is 13.1 Å². The molecule has 0 aromatic heterocycles. The van der Waals surface area contributed by atoms with Crippen molar-refractivity contribution in [3.8, 4) is 0 Å². The molecule has 0 bridgehead atoms. The maximum atomic E-state index is 12.1. The SMILES string of the molecule is O=C(C[C@@H](C(=O)[O-])[NH+]1CCCCC1)c1ccccc1. The second kappa shape index (κ2) is 6.48. The summed E-state index contributed by atoms with van der Waals surface area (Å²) >= 11 is 0. The Hall–Kier alpha value is -1.68. The standard InChI is InChI=1S/C15H19NO3/c17-14(12-7-3-1-4-8-12)11-13(15(18)19)16-9-5-2-6-10-16/h1,3-4,7-8,13H,2,5-6,9-11H2,(H,18,19)/t13-/m0/s1. The number of nitrogens with one attached hydrogen (secondary N) is 1. The third-order valence-corrected chi connectivity index (χ3v) is 3.76. The molecule has 1 saturated heterocycles. The summed E-state index contributed by atoms with van der Waals surface area (Å²) in [4.78, 5) is 24.4. The van der Waals surface area contributed by atoms with Crippen LogP contribution >= 0.6 is 0 Å². The molecule has 4 nitrogen and oxygen atoms in total. The van der Waals surface area contributed by atoms with Crippen molar-refractivity contribution in [1.29, 1.82) is 0 Å². The van der Waals surface area contributed by atoms with Crippen LogP contribution in [0.25, 0.3) is 0 Å². The van der Waals surface area contributed by atoms with E-state index in [0.717, 1.165) is 37.3 Å². The number of quaternary nitrogens is 1. The van der Waals surface area contributed by atoms with Crippen LogP contribution in [0.4, 0.5) is 0 Å². The molecule has 19 heavy (non-hydrogen) atoms. The Morgan fingerprint density at radius 2 is 1.74 bits per heavy atom. The first-order valence-corrected chi connectivity index (χ1v) is 6.82. The Bertz CT molecular complexity index is 438. The quantitative estimate of drug-likeness (QED) is 0.723. The maximum Gasteiger partial charge on any atom is 0.169 e. The van der Waals surface area contributed by atoms with Gasteiger partial charge in [-0.2, -0.15) is 0 Å². The molecule has 1 atom stereocenters. The molecule has 1 N–H and O–H groups in total. The van der Waals surface area contributed by atoms with Crippen LogP contribution in [-0.2, 0) is 4.79 Å². The van der Waals surface area contributed by atoms with Crippen molar-refractivity contribution in [1.82, 2.24) is 0 Å². The first-order chi connectivity index (χ1) is 9.18. The van der Waals surface area contributed by atoms with Gasteiger partial charge in [-0.3, -0.25) is 4.79 Å². The lowest BCUT2D eigenvalue weighted by Crippen LogP contribution is -3.18. The van der Waals surface area contributed by atoms with Gasteiger partial charge < -0.3 is 14.8 Å². The van der Waals surface area contributed by atoms with Crippen molar-refractivity contribution >= 4 is 11.8 Å². The topological polar surface area (TPSA) is 61.6 Å². The minimum Gasteiger partial charge on any atom is -0.544 e. The number of carboxylic acids is 1. The highest BCUT2D eigenvalue weighted by Gasteiger charge is 2.28. The normalized spacial score (nSPS) is 17.9. The molecule has 0 aliphatic carbocycles. The highest BCUT2D eigenvalue weighted by Crippen LogP contribution is 2.05. The zero-order valence-corrected chi connectivity index (χ0v) is 10.9. The summed E-state index contributed by atoms with van der Waals surface area (Å²) < 4.78 is 0. The summed E-state index contributed by atoms with van der Waals surface area (Å²) in [5.41, 5.74) is 0.574. The molecule has 1 fully saturated rings. The Kier molecular flexibility index (Phi) is 4.68. The van der Waals surface area contributed by atoms with Crippen molar-refractivity contribution in [2.24, 2.45) is 0 Å². The van der Waals surface area contributed by atoms with Gasteiger partial charge in [0.05, 0.1) is 25.5 Å². The average Bonchev–Trinajstić information content (AvgIpc) is 2.46. The number of rotatable bonds is 5. The third kappa shape index (κ3) is 3.64. The summed E-state index contributed by atoms with van der Waals surface area (Å²) in [5, 5.41) is 11.3. The van der Waals surface area contributed by atoms with Crippen LogP contribution in [-0.4, -0.2) is 30.9 Å². The Morgan fingerprint density at radius 3 is 2.32 bits per heavy atom. The van der Waals surface area contributed by atoms with Gasteiger partial charge in [-0.05, 0) is 19.3 Å². The van der Waals surface area contributed by atoms with Gasteiger partial charge in [0.15, 0.2) is 5.78 Å². The van der Waals surface area contributed by atoms with Crippen molar-refractivity contribution in [3.63, 3.8) is 0 Å². The van der Waals surface area contributed by atoms with Gasteiger partial charge in [-0.1, -0.05) is 30.3 Å². The summed E-state index contributed by atoms with van der Waals surface area (Å²) in [6.07, 6.45) is 3.23. The first kappa shape index (κ1) is 13.7. The van der Waals surface area contributed by atoms with Gasteiger partial charge >= 0.3 is 0 Å². The van der Waals surface area contributed by atoms with Crippen molar-refractivity contribution in [3.05, 3.63) is 35.9 Å². The smallest absolute Gasteiger partial charge is 0.169 e. The van der Waals surface area contributed by atoms with E-state index < -0.39 is 12.0 Å². The lowest BCUT2D eigenvalue weighted by Gasteiger charge is -2.31. The number of piperidine rings is 1. The Morgan fingerprint density at radius 1 is 1.11 bits per heavy atom. The van der Waals surface area contributed by atoms with E-state index in [-0.39, 0.29) is 12.2 Å². The minimum atomic E-state index is -1.11. The molecule has 0 spiro atoms. The monoisotopic (exact) mass is 261 g/mol. The Balaban J connectivity index is 2.04. The molecule has 1 aromatic carbocycles. The number of likely N-dealkylation sites (tertiary alicyclic amines) is 1. The van der Waals surface area contributed by atoms with Gasteiger partial charge in [0.2, 0.25) is 0 Å². The Labute approximate surface area is 113 Å². The van der Waals surface area contributed by atoms with Crippen molar-refractivity contribution in [2.45, 2.75) is 31.7 Å². The fraction of sp³-hybridized carbons (Fsp3) is 0.467. The molecule has 1 aromatic rings. The number of carbonyl (C=O) groups excluding carboxylic acids is 2. The van der Waals surface area contributed by atoms with Crippen LogP contribution in [0.1, 0.15) is 36.0 Å². The fourth-order valence-electron chi connectivity index (χ4n) is 2.68. The van der Waals surface area contributed by atoms with Crippen LogP contribution in [0.15, 0.2) is 30.3 Å². The van der Waals surface area contributed by atoms with Gasteiger partial charge in [-0.25, -0.2) is 0 Å². The van der Waals surface area contributed by atoms with Crippen LogP contribution < -0.4 is 10.0 Å². The number of aliphatic carboxylic acids is 1.